The molecule has 0 bridgehead atoms. The van der Waals surface area contributed by atoms with E-state index >= 15 is 0 Å². The van der Waals surface area contributed by atoms with E-state index in [0.717, 1.165) is 12.1 Å². The van der Waals surface area contributed by atoms with E-state index in [1.54, 1.807) is 12.1 Å². The Bertz CT molecular complexity index is 920. The molecule has 134 valence electrons. The first-order valence-electron chi connectivity index (χ1n) is 7.34. The Labute approximate surface area is 150 Å². The lowest BCUT2D eigenvalue weighted by molar-refractivity contribution is -0.137. The molecule has 8 heteroatoms. The molecule has 26 heavy (non-hydrogen) atoms. The predicted molar refractivity (Wildman–Crippen MR) is 91.9 cm³/mol. The van der Waals surface area contributed by atoms with Gasteiger partial charge in [-0.05, 0) is 42.5 Å². The van der Waals surface area contributed by atoms with E-state index in [1.807, 2.05) is 0 Å². The summed E-state index contributed by atoms with van der Waals surface area (Å²) in [5.41, 5.74) is -0.175. The summed E-state index contributed by atoms with van der Waals surface area (Å²) in [5, 5.41) is 15.1. The summed E-state index contributed by atoms with van der Waals surface area (Å²) in [6.07, 6.45) is -4.44. The zero-order valence-electron chi connectivity index (χ0n) is 13.1. The molecule has 0 aliphatic carbocycles. The molecule has 0 saturated carbocycles. The first-order valence-corrected chi connectivity index (χ1v) is 8.29. The molecule has 0 saturated heterocycles. The molecule has 2 aromatic carbocycles. The topological polar surface area (TPSA) is 58.6 Å². The third-order valence-electron chi connectivity index (χ3n) is 3.40. The van der Waals surface area contributed by atoms with Crippen LogP contribution in [-0.2, 0) is 6.18 Å². The number of halogens is 3. The minimum atomic E-state index is -4.44. The van der Waals surface area contributed by atoms with E-state index in [2.05, 4.69) is 5.32 Å². The van der Waals surface area contributed by atoms with Gasteiger partial charge in [0.25, 0.3) is 5.91 Å². The SMILES string of the molecule is O=C(Nc1ccc(Oc2cccc(C(F)(F)F)c2)cc1)c1cscc1O. The highest BCUT2D eigenvalue weighted by Gasteiger charge is 2.30. The summed E-state index contributed by atoms with van der Waals surface area (Å²) in [6, 6.07) is 10.7. The van der Waals surface area contributed by atoms with Gasteiger partial charge in [-0.2, -0.15) is 13.2 Å². The number of anilines is 1. The second kappa shape index (κ2) is 7.09. The van der Waals surface area contributed by atoms with E-state index in [9.17, 15) is 23.1 Å². The minimum absolute atomic E-state index is 0.0554. The maximum Gasteiger partial charge on any atom is 0.416 e. The van der Waals surface area contributed by atoms with E-state index < -0.39 is 17.6 Å². The molecule has 2 N–H and O–H groups in total. The van der Waals surface area contributed by atoms with Crippen molar-refractivity contribution in [2.45, 2.75) is 6.18 Å². The molecule has 3 rings (SSSR count). The summed E-state index contributed by atoms with van der Waals surface area (Å²) in [4.78, 5) is 12.0. The largest absolute Gasteiger partial charge is 0.506 e. The summed E-state index contributed by atoms with van der Waals surface area (Å²) in [6.45, 7) is 0. The number of thiophene rings is 1. The van der Waals surface area contributed by atoms with Crippen LogP contribution in [0.2, 0.25) is 0 Å². The molecule has 0 radical (unpaired) electrons. The monoisotopic (exact) mass is 379 g/mol. The Balaban J connectivity index is 1.68. The quantitative estimate of drug-likeness (QED) is 0.628. The molecule has 0 aliphatic heterocycles. The van der Waals surface area contributed by atoms with Gasteiger partial charge in [0.05, 0.1) is 11.1 Å². The molecular formula is C18H12F3NO3S. The van der Waals surface area contributed by atoms with Crippen LogP contribution in [0.5, 0.6) is 17.2 Å². The zero-order chi connectivity index (χ0) is 18.7. The number of benzene rings is 2. The fourth-order valence-electron chi connectivity index (χ4n) is 2.14. The Morgan fingerprint density at radius 2 is 1.77 bits per heavy atom. The average molecular weight is 379 g/mol. The molecule has 0 aliphatic rings. The first-order chi connectivity index (χ1) is 12.3. The standard InChI is InChI=1S/C18H12F3NO3S/c19-18(20,21)11-2-1-3-14(8-11)25-13-6-4-12(5-7-13)22-17(24)15-9-26-10-16(15)23/h1-10,23H,(H,22,24). The fraction of sp³-hybridized carbons (Fsp3) is 0.0556. The maximum absolute atomic E-state index is 12.7. The Kier molecular flexibility index (Phi) is 4.85. The summed E-state index contributed by atoms with van der Waals surface area (Å²) in [5.74, 6) is -0.187. The molecule has 1 aromatic heterocycles. The van der Waals surface area contributed by atoms with Gasteiger partial charge in [-0.1, -0.05) is 6.07 Å². The third-order valence-corrected chi connectivity index (χ3v) is 4.13. The van der Waals surface area contributed by atoms with Crippen molar-refractivity contribution in [3.8, 4) is 17.2 Å². The zero-order valence-corrected chi connectivity index (χ0v) is 13.9. The molecule has 1 heterocycles. The molecular weight excluding hydrogens is 367 g/mol. The number of aromatic hydroxyl groups is 1. The maximum atomic E-state index is 12.7. The van der Waals surface area contributed by atoms with Gasteiger partial charge in [-0.3, -0.25) is 4.79 Å². The van der Waals surface area contributed by atoms with Crippen LogP contribution in [0, 0.1) is 0 Å². The van der Waals surface area contributed by atoms with Gasteiger partial charge >= 0.3 is 6.18 Å². The highest BCUT2D eigenvalue weighted by atomic mass is 32.1. The number of carbonyl (C=O) groups excluding carboxylic acids is 1. The van der Waals surface area contributed by atoms with E-state index in [0.29, 0.717) is 11.4 Å². The van der Waals surface area contributed by atoms with Crippen LogP contribution in [0.3, 0.4) is 0 Å². The number of hydrogen-bond acceptors (Lipinski definition) is 4. The minimum Gasteiger partial charge on any atom is -0.506 e. The van der Waals surface area contributed by atoms with Gasteiger partial charge in [0.15, 0.2) is 0 Å². The number of amides is 1. The van der Waals surface area contributed by atoms with Crippen LogP contribution < -0.4 is 10.1 Å². The number of alkyl halides is 3. The number of hydrogen-bond donors (Lipinski definition) is 2. The summed E-state index contributed by atoms with van der Waals surface area (Å²) in [7, 11) is 0. The van der Waals surface area contributed by atoms with Crippen LogP contribution in [0.4, 0.5) is 18.9 Å². The second-order valence-electron chi connectivity index (χ2n) is 5.28. The average Bonchev–Trinajstić information content (AvgIpc) is 3.02. The van der Waals surface area contributed by atoms with Crippen molar-refractivity contribution < 1.29 is 27.8 Å². The summed E-state index contributed by atoms with van der Waals surface area (Å²) < 4.78 is 43.6. The van der Waals surface area contributed by atoms with Crippen molar-refractivity contribution >= 4 is 22.9 Å². The Hall–Kier alpha value is -3.00. The van der Waals surface area contributed by atoms with E-state index in [-0.39, 0.29) is 17.1 Å². The van der Waals surface area contributed by atoms with Crippen molar-refractivity contribution in [3.05, 3.63) is 70.4 Å². The van der Waals surface area contributed by atoms with Gasteiger partial charge in [-0.15, -0.1) is 11.3 Å². The van der Waals surface area contributed by atoms with Crippen LogP contribution in [-0.4, -0.2) is 11.0 Å². The number of rotatable bonds is 4. The molecule has 4 nitrogen and oxygen atoms in total. The first kappa shape index (κ1) is 17.8. The van der Waals surface area contributed by atoms with Crippen molar-refractivity contribution in [2.75, 3.05) is 5.32 Å². The van der Waals surface area contributed by atoms with Gasteiger partial charge in [0.2, 0.25) is 0 Å². The van der Waals surface area contributed by atoms with Crippen LogP contribution in [0.1, 0.15) is 15.9 Å². The van der Waals surface area contributed by atoms with Gasteiger partial charge in [0, 0.05) is 16.4 Å². The Morgan fingerprint density at radius 1 is 1.04 bits per heavy atom. The van der Waals surface area contributed by atoms with Crippen molar-refractivity contribution in [3.63, 3.8) is 0 Å². The molecule has 0 fully saturated rings. The third kappa shape index (κ3) is 4.15. The number of carbonyl (C=O) groups is 1. The van der Waals surface area contributed by atoms with Crippen LogP contribution in [0.25, 0.3) is 0 Å². The molecule has 0 unspecified atom stereocenters. The van der Waals surface area contributed by atoms with E-state index in [4.69, 9.17) is 4.74 Å². The lowest BCUT2D eigenvalue weighted by Gasteiger charge is -2.10. The molecule has 1 amide bonds. The van der Waals surface area contributed by atoms with Crippen molar-refractivity contribution in [1.29, 1.82) is 0 Å². The van der Waals surface area contributed by atoms with Gasteiger partial charge < -0.3 is 15.2 Å². The predicted octanol–water partition coefficient (Wildman–Crippen LogP) is 5.52. The number of nitrogens with one attached hydrogen (secondary N) is 1. The van der Waals surface area contributed by atoms with E-state index in [1.165, 1.54) is 46.4 Å². The normalized spacial score (nSPS) is 11.2. The Morgan fingerprint density at radius 3 is 2.38 bits per heavy atom. The molecule has 0 atom stereocenters. The second-order valence-corrected chi connectivity index (χ2v) is 6.02. The van der Waals surface area contributed by atoms with Crippen LogP contribution in [0.15, 0.2) is 59.3 Å². The number of ether oxygens (including phenoxy) is 1. The highest BCUT2D eigenvalue weighted by Crippen LogP contribution is 2.33. The molecule has 3 aromatic rings. The van der Waals surface area contributed by atoms with Gasteiger partial charge in [0.1, 0.15) is 17.2 Å². The molecule has 0 spiro atoms. The van der Waals surface area contributed by atoms with Crippen LogP contribution >= 0.6 is 11.3 Å². The highest BCUT2D eigenvalue weighted by molar-refractivity contribution is 7.08. The lowest BCUT2D eigenvalue weighted by Crippen LogP contribution is -2.10. The summed E-state index contributed by atoms with van der Waals surface area (Å²) >= 11 is 1.20. The van der Waals surface area contributed by atoms with Crippen molar-refractivity contribution in [2.24, 2.45) is 0 Å². The smallest absolute Gasteiger partial charge is 0.416 e. The van der Waals surface area contributed by atoms with Gasteiger partial charge in [-0.25, -0.2) is 0 Å². The lowest BCUT2D eigenvalue weighted by atomic mass is 10.2. The fourth-order valence-corrected chi connectivity index (χ4v) is 2.82. The van der Waals surface area contributed by atoms with Crippen molar-refractivity contribution in [1.82, 2.24) is 0 Å².